The molecule has 146 valence electrons. The van der Waals surface area contributed by atoms with Crippen molar-refractivity contribution in [2.24, 2.45) is 7.05 Å². The highest BCUT2D eigenvalue weighted by atomic mass is 16.2. The first-order valence-corrected chi connectivity index (χ1v) is 9.56. The van der Waals surface area contributed by atoms with Gasteiger partial charge in [-0.05, 0) is 36.6 Å². The molecule has 1 aliphatic heterocycles. The monoisotopic (exact) mass is 387 g/mol. The summed E-state index contributed by atoms with van der Waals surface area (Å²) >= 11 is 0. The van der Waals surface area contributed by atoms with E-state index in [1.54, 1.807) is 9.20 Å². The van der Waals surface area contributed by atoms with Crippen LogP contribution in [0.2, 0.25) is 0 Å². The van der Waals surface area contributed by atoms with Gasteiger partial charge < -0.3 is 4.90 Å². The number of fused-ring (bicyclic) bond motifs is 2. The second kappa shape index (κ2) is 6.51. The highest BCUT2D eigenvalue weighted by Gasteiger charge is 2.32. The molecule has 1 amide bonds. The maximum Gasteiger partial charge on any atom is 0.293 e. The first kappa shape index (κ1) is 17.5. The molecule has 1 aromatic carbocycles. The Hall–Kier alpha value is -3.55. The summed E-state index contributed by atoms with van der Waals surface area (Å²) in [6.07, 6.45) is 3.88. The predicted octanol–water partition coefficient (Wildman–Crippen LogP) is 2.26. The number of benzene rings is 1. The van der Waals surface area contributed by atoms with Crippen LogP contribution in [-0.4, -0.2) is 46.7 Å². The summed E-state index contributed by atoms with van der Waals surface area (Å²) in [7, 11) is 1.90. The summed E-state index contributed by atoms with van der Waals surface area (Å²) in [6.45, 7) is 4.93. The van der Waals surface area contributed by atoms with E-state index in [1.165, 1.54) is 5.56 Å². The van der Waals surface area contributed by atoms with Gasteiger partial charge in [-0.1, -0.05) is 24.3 Å². The van der Waals surface area contributed by atoms with E-state index in [2.05, 4.69) is 32.3 Å². The Morgan fingerprint density at radius 2 is 2.00 bits per heavy atom. The van der Waals surface area contributed by atoms with Crippen LogP contribution in [0.3, 0.4) is 0 Å². The largest absolute Gasteiger partial charge is 0.331 e. The number of amides is 1. The molecule has 0 fully saturated rings. The van der Waals surface area contributed by atoms with Gasteiger partial charge in [0.05, 0.1) is 6.20 Å². The van der Waals surface area contributed by atoms with Crippen molar-refractivity contribution in [3.05, 3.63) is 76.6 Å². The van der Waals surface area contributed by atoms with Crippen molar-refractivity contribution in [1.29, 1.82) is 0 Å². The Bertz CT molecular complexity index is 1240. The maximum atomic E-state index is 13.3. The van der Waals surface area contributed by atoms with Crippen LogP contribution < -0.4 is 0 Å². The van der Waals surface area contributed by atoms with E-state index in [-0.39, 0.29) is 17.6 Å². The molecule has 0 bridgehead atoms. The lowest BCUT2D eigenvalue weighted by Gasteiger charge is -2.33. The summed E-state index contributed by atoms with van der Waals surface area (Å²) in [5.74, 6) is 0.510. The van der Waals surface area contributed by atoms with Gasteiger partial charge in [0.1, 0.15) is 0 Å². The highest BCUT2D eigenvalue weighted by Crippen LogP contribution is 2.33. The standard InChI is InChI=1S/C21H21N7O/c1-13-8-14(2)28-21(23-13)24-19(25-28)20(29)27-11-15-6-4-5-7-17(15)18(12-27)16-9-22-26(3)10-16/h4-10,18H,11-12H2,1-3H3. The molecule has 5 rings (SSSR count). The average Bonchev–Trinajstić information content (AvgIpc) is 3.33. The first-order chi connectivity index (χ1) is 14.0. The number of hydrogen-bond donors (Lipinski definition) is 0. The van der Waals surface area contributed by atoms with Crippen molar-refractivity contribution < 1.29 is 4.79 Å². The lowest BCUT2D eigenvalue weighted by molar-refractivity contribution is 0.0713. The van der Waals surface area contributed by atoms with Crippen LogP contribution in [0.25, 0.3) is 5.78 Å². The van der Waals surface area contributed by atoms with E-state index >= 15 is 0 Å². The molecule has 4 aromatic rings. The summed E-state index contributed by atoms with van der Waals surface area (Å²) in [6, 6.07) is 10.2. The van der Waals surface area contributed by atoms with Gasteiger partial charge in [-0.2, -0.15) is 10.1 Å². The Morgan fingerprint density at radius 1 is 1.17 bits per heavy atom. The van der Waals surface area contributed by atoms with Gasteiger partial charge in [0, 0.05) is 43.6 Å². The molecular formula is C21H21N7O. The Kier molecular flexibility index (Phi) is 3.94. The van der Waals surface area contributed by atoms with Crippen LogP contribution in [0.15, 0.2) is 42.7 Å². The number of carbonyl (C=O) groups excluding carboxylic acids is 1. The molecule has 0 saturated carbocycles. The molecule has 8 nitrogen and oxygen atoms in total. The number of aryl methyl sites for hydroxylation is 3. The second-order valence-electron chi connectivity index (χ2n) is 7.57. The lowest BCUT2D eigenvalue weighted by Crippen LogP contribution is -2.39. The van der Waals surface area contributed by atoms with E-state index in [1.807, 2.05) is 56.4 Å². The van der Waals surface area contributed by atoms with Gasteiger partial charge in [-0.3, -0.25) is 9.48 Å². The van der Waals surface area contributed by atoms with Crippen LogP contribution in [0.4, 0.5) is 0 Å². The number of rotatable bonds is 2. The van der Waals surface area contributed by atoms with Crippen LogP contribution in [0.1, 0.15) is 44.6 Å². The minimum atomic E-state index is -0.184. The zero-order chi connectivity index (χ0) is 20.1. The number of hydrogen-bond acceptors (Lipinski definition) is 5. The Morgan fingerprint density at radius 3 is 2.79 bits per heavy atom. The van der Waals surface area contributed by atoms with Crippen molar-refractivity contribution in [3.8, 4) is 0 Å². The molecule has 1 unspecified atom stereocenters. The normalized spacial score (nSPS) is 16.2. The zero-order valence-corrected chi connectivity index (χ0v) is 16.6. The van der Waals surface area contributed by atoms with Gasteiger partial charge in [0.2, 0.25) is 5.82 Å². The third-order valence-corrected chi connectivity index (χ3v) is 5.42. The van der Waals surface area contributed by atoms with Gasteiger partial charge in [0.25, 0.3) is 11.7 Å². The van der Waals surface area contributed by atoms with Crippen molar-refractivity contribution in [2.75, 3.05) is 6.54 Å². The van der Waals surface area contributed by atoms with Crippen molar-refractivity contribution in [2.45, 2.75) is 26.3 Å². The van der Waals surface area contributed by atoms with E-state index < -0.39 is 0 Å². The van der Waals surface area contributed by atoms with Crippen LogP contribution >= 0.6 is 0 Å². The zero-order valence-electron chi connectivity index (χ0n) is 16.6. The molecule has 4 heterocycles. The topological polar surface area (TPSA) is 81.2 Å². The molecule has 0 N–H and O–H groups in total. The van der Waals surface area contributed by atoms with Gasteiger partial charge in [0.15, 0.2) is 0 Å². The fourth-order valence-corrected chi connectivity index (χ4v) is 4.07. The van der Waals surface area contributed by atoms with E-state index in [9.17, 15) is 4.79 Å². The molecule has 3 aromatic heterocycles. The highest BCUT2D eigenvalue weighted by molar-refractivity contribution is 5.91. The number of carbonyl (C=O) groups is 1. The Balaban J connectivity index is 1.53. The third-order valence-electron chi connectivity index (χ3n) is 5.42. The van der Waals surface area contributed by atoms with Crippen LogP contribution in [-0.2, 0) is 13.6 Å². The van der Waals surface area contributed by atoms with Crippen LogP contribution in [0, 0.1) is 13.8 Å². The molecule has 29 heavy (non-hydrogen) atoms. The molecule has 0 saturated heterocycles. The molecule has 0 radical (unpaired) electrons. The first-order valence-electron chi connectivity index (χ1n) is 9.56. The minimum Gasteiger partial charge on any atom is -0.331 e. The summed E-state index contributed by atoms with van der Waals surface area (Å²) in [5, 5.41) is 8.74. The molecule has 1 aliphatic rings. The van der Waals surface area contributed by atoms with Crippen molar-refractivity contribution >= 4 is 11.7 Å². The second-order valence-corrected chi connectivity index (χ2v) is 7.57. The number of nitrogens with zero attached hydrogens (tertiary/aromatic N) is 7. The Labute approximate surface area is 167 Å². The van der Waals surface area contributed by atoms with E-state index in [4.69, 9.17) is 0 Å². The van der Waals surface area contributed by atoms with E-state index in [0.717, 1.165) is 22.5 Å². The summed E-state index contributed by atoms with van der Waals surface area (Å²) in [4.78, 5) is 23.9. The predicted molar refractivity (Wildman–Crippen MR) is 106 cm³/mol. The summed E-state index contributed by atoms with van der Waals surface area (Å²) in [5.41, 5.74) is 5.21. The SMILES string of the molecule is Cc1cc(C)n2nc(C(=O)N3Cc4ccccc4C(c4cnn(C)c4)C3)nc2n1. The van der Waals surface area contributed by atoms with Gasteiger partial charge >= 0.3 is 0 Å². The molecule has 0 spiro atoms. The van der Waals surface area contributed by atoms with Gasteiger partial charge in [-0.15, -0.1) is 5.10 Å². The molecular weight excluding hydrogens is 366 g/mol. The van der Waals surface area contributed by atoms with E-state index in [0.29, 0.717) is 18.9 Å². The quantitative estimate of drug-likeness (QED) is 0.527. The van der Waals surface area contributed by atoms with Crippen molar-refractivity contribution in [1.82, 2.24) is 34.3 Å². The molecule has 0 aliphatic carbocycles. The smallest absolute Gasteiger partial charge is 0.293 e. The minimum absolute atomic E-state index is 0.0664. The third kappa shape index (κ3) is 2.97. The summed E-state index contributed by atoms with van der Waals surface area (Å²) < 4.78 is 3.41. The maximum absolute atomic E-state index is 13.3. The number of aromatic nitrogens is 6. The fourth-order valence-electron chi connectivity index (χ4n) is 4.07. The van der Waals surface area contributed by atoms with Gasteiger partial charge in [-0.25, -0.2) is 9.50 Å². The molecule has 8 heteroatoms. The average molecular weight is 387 g/mol. The van der Waals surface area contributed by atoms with Crippen LogP contribution in [0.5, 0.6) is 0 Å². The fraction of sp³-hybridized carbons (Fsp3) is 0.286. The molecule has 1 atom stereocenters. The lowest BCUT2D eigenvalue weighted by atomic mass is 9.86. The van der Waals surface area contributed by atoms with Crippen molar-refractivity contribution in [3.63, 3.8) is 0 Å².